The molecule has 0 saturated carbocycles. The number of nitrogens with one attached hydrogen (secondary N) is 1. The maximum absolute atomic E-state index is 13.4. The first-order chi connectivity index (χ1) is 9.47. The number of benzene rings is 1. The molecule has 1 amide bonds. The number of aromatic nitrogens is 1. The van der Waals surface area contributed by atoms with Crippen molar-refractivity contribution in [3.63, 3.8) is 0 Å². The summed E-state index contributed by atoms with van der Waals surface area (Å²) in [5.41, 5.74) is 0.303. The van der Waals surface area contributed by atoms with E-state index in [2.05, 4.69) is 5.32 Å². The Kier molecular flexibility index (Phi) is 3.79. The average Bonchev–Trinajstić information content (AvgIpc) is 2.81. The van der Waals surface area contributed by atoms with Gasteiger partial charge in [-0.1, -0.05) is 0 Å². The van der Waals surface area contributed by atoms with Crippen LogP contribution in [0, 0.1) is 15.9 Å². The number of nitrogens with zero attached hydrogens (tertiary/aromatic N) is 2. The molecule has 0 bridgehead atoms. The molecular weight excluding hydrogens is 265 g/mol. The van der Waals surface area contributed by atoms with Crippen molar-refractivity contribution in [1.82, 2.24) is 9.88 Å². The van der Waals surface area contributed by atoms with E-state index in [4.69, 9.17) is 0 Å². The second kappa shape index (κ2) is 5.52. The number of hydrogen-bond donors (Lipinski definition) is 1. The van der Waals surface area contributed by atoms with Crippen LogP contribution in [-0.2, 0) is 13.6 Å². The summed E-state index contributed by atoms with van der Waals surface area (Å²) < 4.78 is 15.2. The third-order valence-electron chi connectivity index (χ3n) is 2.75. The van der Waals surface area contributed by atoms with Gasteiger partial charge >= 0.3 is 5.69 Å². The van der Waals surface area contributed by atoms with Crippen molar-refractivity contribution in [2.75, 3.05) is 0 Å². The van der Waals surface area contributed by atoms with E-state index in [-0.39, 0.29) is 5.56 Å². The van der Waals surface area contributed by atoms with E-state index in [0.29, 0.717) is 6.54 Å². The highest BCUT2D eigenvalue weighted by atomic mass is 19.1. The second-order valence-electron chi connectivity index (χ2n) is 4.29. The van der Waals surface area contributed by atoms with Gasteiger partial charge in [-0.15, -0.1) is 0 Å². The molecule has 104 valence electrons. The first-order valence-corrected chi connectivity index (χ1v) is 5.80. The lowest BCUT2D eigenvalue weighted by atomic mass is 10.2. The molecule has 0 radical (unpaired) electrons. The Bertz CT molecular complexity index is 667. The fraction of sp³-hybridized carbons (Fsp3) is 0.154. The number of nitro benzene ring substituents is 1. The summed E-state index contributed by atoms with van der Waals surface area (Å²) in [7, 11) is 1.86. The minimum Gasteiger partial charge on any atom is -0.357 e. The predicted molar refractivity (Wildman–Crippen MR) is 69.6 cm³/mol. The highest BCUT2D eigenvalue weighted by molar-refractivity contribution is 5.94. The predicted octanol–water partition coefficient (Wildman–Crippen LogP) is 2.00. The van der Waals surface area contributed by atoms with Crippen LogP contribution in [0.4, 0.5) is 10.1 Å². The van der Waals surface area contributed by atoms with Crippen LogP contribution < -0.4 is 5.32 Å². The summed E-state index contributed by atoms with van der Waals surface area (Å²) in [5.74, 6) is -1.51. The van der Waals surface area contributed by atoms with Crippen LogP contribution in [0.2, 0.25) is 0 Å². The molecule has 0 spiro atoms. The van der Waals surface area contributed by atoms with E-state index in [0.717, 1.165) is 17.7 Å². The van der Waals surface area contributed by atoms with Gasteiger partial charge in [0.2, 0.25) is 5.82 Å². The standard InChI is InChI=1S/C13H12FN3O3/c1-16-5-4-9(8-16)7-15-13(18)10-2-3-12(17(19)20)11(14)6-10/h2-6,8H,7H2,1H3,(H,15,18). The van der Waals surface area contributed by atoms with E-state index >= 15 is 0 Å². The normalized spacial score (nSPS) is 10.3. The molecule has 1 aromatic heterocycles. The van der Waals surface area contributed by atoms with Crippen LogP contribution in [0.1, 0.15) is 15.9 Å². The summed E-state index contributed by atoms with van der Waals surface area (Å²) in [6, 6.07) is 4.91. The number of carbonyl (C=O) groups is 1. The molecular formula is C13H12FN3O3. The van der Waals surface area contributed by atoms with Gasteiger partial charge in [-0.3, -0.25) is 14.9 Å². The first-order valence-electron chi connectivity index (χ1n) is 5.80. The number of aryl methyl sites for hydroxylation is 1. The van der Waals surface area contributed by atoms with Crippen molar-refractivity contribution in [3.8, 4) is 0 Å². The average molecular weight is 277 g/mol. The van der Waals surface area contributed by atoms with Crippen LogP contribution in [-0.4, -0.2) is 15.4 Å². The van der Waals surface area contributed by atoms with Crippen molar-refractivity contribution >= 4 is 11.6 Å². The number of carbonyl (C=O) groups excluding carboxylic acids is 1. The van der Waals surface area contributed by atoms with E-state index in [1.165, 1.54) is 6.07 Å². The molecule has 7 heteroatoms. The van der Waals surface area contributed by atoms with Crippen LogP contribution in [0.5, 0.6) is 0 Å². The molecule has 0 aliphatic carbocycles. The van der Waals surface area contributed by atoms with Gasteiger partial charge in [0, 0.05) is 37.6 Å². The van der Waals surface area contributed by atoms with E-state index in [1.54, 1.807) is 0 Å². The third-order valence-corrected chi connectivity index (χ3v) is 2.75. The topological polar surface area (TPSA) is 77.2 Å². The van der Waals surface area contributed by atoms with Crippen molar-refractivity contribution in [1.29, 1.82) is 0 Å². The van der Waals surface area contributed by atoms with Crippen LogP contribution in [0.15, 0.2) is 36.7 Å². The monoisotopic (exact) mass is 277 g/mol. The SMILES string of the molecule is Cn1ccc(CNC(=O)c2ccc([N+](=O)[O-])c(F)c2)c1. The number of halogens is 1. The van der Waals surface area contributed by atoms with Crippen molar-refractivity contribution < 1.29 is 14.1 Å². The molecule has 6 nitrogen and oxygen atoms in total. The number of hydrogen-bond acceptors (Lipinski definition) is 3. The Labute approximate surface area is 114 Å². The smallest absolute Gasteiger partial charge is 0.304 e. The highest BCUT2D eigenvalue weighted by Crippen LogP contribution is 2.17. The van der Waals surface area contributed by atoms with Crippen molar-refractivity contribution in [3.05, 3.63) is 63.7 Å². The minimum absolute atomic E-state index is 0.0454. The van der Waals surface area contributed by atoms with E-state index in [1.807, 2.05) is 30.1 Å². The Balaban J connectivity index is 2.06. The highest BCUT2D eigenvalue weighted by Gasteiger charge is 2.16. The first kappa shape index (κ1) is 13.7. The van der Waals surface area contributed by atoms with Crippen LogP contribution in [0.25, 0.3) is 0 Å². The van der Waals surface area contributed by atoms with E-state index < -0.39 is 22.3 Å². The second-order valence-corrected chi connectivity index (χ2v) is 4.29. The maximum atomic E-state index is 13.4. The minimum atomic E-state index is -1.03. The van der Waals surface area contributed by atoms with Gasteiger partial charge < -0.3 is 9.88 Å². The zero-order valence-corrected chi connectivity index (χ0v) is 10.7. The van der Waals surface area contributed by atoms with Crippen molar-refractivity contribution in [2.45, 2.75) is 6.54 Å². The lowest BCUT2D eigenvalue weighted by molar-refractivity contribution is -0.387. The third kappa shape index (κ3) is 3.00. The van der Waals surface area contributed by atoms with Crippen molar-refractivity contribution in [2.24, 2.45) is 7.05 Å². The molecule has 20 heavy (non-hydrogen) atoms. The fourth-order valence-electron chi connectivity index (χ4n) is 1.75. The van der Waals surface area contributed by atoms with Gasteiger partial charge in [-0.25, -0.2) is 0 Å². The Hall–Kier alpha value is -2.70. The summed E-state index contributed by atoms with van der Waals surface area (Å²) >= 11 is 0. The fourth-order valence-corrected chi connectivity index (χ4v) is 1.75. The van der Waals surface area contributed by atoms with Gasteiger partial charge in [0.05, 0.1) is 4.92 Å². The molecule has 1 aromatic carbocycles. The van der Waals surface area contributed by atoms with Crippen LogP contribution >= 0.6 is 0 Å². The molecule has 0 saturated heterocycles. The quantitative estimate of drug-likeness (QED) is 0.686. The van der Waals surface area contributed by atoms with Gasteiger partial charge in [-0.05, 0) is 23.8 Å². The summed E-state index contributed by atoms with van der Waals surface area (Å²) in [6.07, 6.45) is 3.68. The van der Waals surface area contributed by atoms with Gasteiger partial charge in [0.15, 0.2) is 0 Å². The largest absolute Gasteiger partial charge is 0.357 e. The Morgan fingerprint density at radius 3 is 2.75 bits per heavy atom. The molecule has 2 aromatic rings. The Morgan fingerprint density at radius 2 is 2.20 bits per heavy atom. The Morgan fingerprint density at radius 1 is 1.45 bits per heavy atom. The lowest BCUT2D eigenvalue weighted by Gasteiger charge is -2.04. The molecule has 2 rings (SSSR count). The summed E-state index contributed by atoms with van der Waals surface area (Å²) in [4.78, 5) is 21.5. The van der Waals surface area contributed by atoms with Gasteiger partial charge in [0.1, 0.15) is 0 Å². The zero-order chi connectivity index (χ0) is 14.7. The molecule has 0 aliphatic rings. The zero-order valence-electron chi connectivity index (χ0n) is 10.7. The van der Waals surface area contributed by atoms with E-state index in [9.17, 15) is 19.3 Å². The number of amides is 1. The van der Waals surface area contributed by atoms with Crippen LogP contribution in [0.3, 0.4) is 0 Å². The molecule has 0 atom stereocenters. The molecule has 1 heterocycles. The summed E-state index contributed by atoms with van der Waals surface area (Å²) in [6.45, 7) is 0.304. The van der Waals surface area contributed by atoms with Gasteiger partial charge in [-0.2, -0.15) is 4.39 Å². The maximum Gasteiger partial charge on any atom is 0.304 e. The number of rotatable bonds is 4. The van der Waals surface area contributed by atoms with Gasteiger partial charge in [0.25, 0.3) is 5.91 Å². The molecule has 0 aliphatic heterocycles. The molecule has 0 unspecified atom stereocenters. The molecule has 1 N–H and O–H groups in total. The molecule has 0 fully saturated rings. The summed E-state index contributed by atoms with van der Waals surface area (Å²) in [5, 5.41) is 13.1. The number of nitro groups is 1. The lowest BCUT2D eigenvalue weighted by Crippen LogP contribution is -2.22.